The van der Waals surface area contributed by atoms with Gasteiger partial charge in [-0.25, -0.2) is 0 Å². The van der Waals surface area contributed by atoms with Crippen molar-refractivity contribution >= 4 is 17.3 Å². The number of nitrogens with one attached hydrogen (secondary N) is 1. The Morgan fingerprint density at radius 2 is 1.88 bits per heavy atom. The molecule has 0 aliphatic carbocycles. The van der Waals surface area contributed by atoms with Crippen LogP contribution in [0.4, 0.5) is 5.69 Å². The molecule has 0 radical (unpaired) electrons. The second-order valence-electron chi connectivity index (χ2n) is 5.27. The van der Waals surface area contributed by atoms with Gasteiger partial charge in [0, 0.05) is 36.9 Å². The third-order valence-corrected chi connectivity index (χ3v) is 2.57. The molecule has 0 amide bonds. The summed E-state index contributed by atoms with van der Waals surface area (Å²) in [6.07, 6.45) is 0. The van der Waals surface area contributed by atoms with E-state index in [1.54, 1.807) is 0 Å². The van der Waals surface area contributed by atoms with Crippen molar-refractivity contribution in [2.45, 2.75) is 32.9 Å². The molecule has 0 atom stereocenters. The van der Waals surface area contributed by atoms with E-state index < -0.39 is 0 Å². The van der Waals surface area contributed by atoms with Gasteiger partial charge >= 0.3 is 0 Å². The predicted molar refractivity (Wildman–Crippen MR) is 72.4 cm³/mol. The fourth-order valence-electron chi connectivity index (χ4n) is 1.46. The molecule has 0 saturated carbocycles. The first kappa shape index (κ1) is 13.3. The number of benzene rings is 1. The lowest BCUT2D eigenvalue weighted by atomic mass is 10.1. The maximum absolute atomic E-state index is 6.00. The second kappa shape index (κ2) is 5.07. The van der Waals surface area contributed by atoms with Gasteiger partial charge in [0.25, 0.3) is 0 Å². The lowest BCUT2D eigenvalue weighted by Gasteiger charge is -2.23. The standard InChI is InChI=1S/C13H21ClN2/c1-13(2,3)15-9-10-6-7-11(14)8-12(10)16(4)5/h6-8,15H,9H2,1-5H3. The molecule has 0 bridgehead atoms. The largest absolute Gasteiger partial charge is 0.377 e. The minimum Gasteiger partial charge on any atom is -0.377 e. The van der Waals surface area contributed by atoms with Crippen molar-refractivity contribution in [3.05, 3.63) is 28.8 Å². The molecule has 0 aliphatic heterocycles. The average molecular weight is 241 g/mol. The maximum Gasteiger partial charge on any atom is 0.0426 e. The number of hydrogen-bond donors (Lipinski definition) is 1. The summed E-state index contributed by atoms with van der Waals surface area (Å²) in [5, 5.41) is 4.26. The number of halogens is 1. The molecule has 0 spiro atoms. The molecule has 0 aromatic heterocycles. The van der Waals surface area contributed by atoms with Gasteiger partial charge in [-0.1, -0.05) is 17.7 Å². The fourth-order valence-corrected chi connectivity index (χ4v) is 1.63. The number of hydrogen-bond acceptors (Lipinski definition) is 2. The quantitative estimate of drug-likeness (QED) is 0.872. The van der Waals surface area contributed by atoms with Crippen molar-refractivity contribution in [3.63, 3.8) is 0 Å². The van der Waals surface area contributed by atoms with Crippen LogP contribution in [0.25, 0.3) is 0 Å². The van der Waals surface area contributed by atoms with E-state index in [-0.39, 0.29) is 5.54 Å². The topological polar surface area (TPSA) is 15.3 Å². The highest BCUT2D eigenvalue weighted by Crippen LogP contribution is 2.23. The lowest BCUT2D eigenvalue weighted by Crippen LogP contribution is -2.35. The van der Waals surface area contributed by atoms with Crippen LogP contribution in [0.3, 0.4) is 0 Å². The van der Waals surface area contributed by atoms with Crippen LogP contribution in [0.1, 0.15) is 26.3 Å². The van der Waals surface area contributed by atoms with E-state index in [1.807, 2.05) is 26.2 Å². The van der Waals surface area contributed by atoms with Crippen molar-refractivity contribution < 1.29 is 0 Å². The third kappa shape index (κ3) is 4.03. The highest BCUT2D eigenvalue weighted by molar-refractivity contribution is 6.30. The van der Waals surface area contributed by atoms with Crippen LogP contribution in [0.5, 0.6) is 0 Å². The van der Waals surface area contributed by atoms with Gasteiger partial charge in [-0.2, -0.15) is 0 Å². The van der Waals surface area contributed by atoms with Gasteiger partial charge in [0.2, 0.25) is 0 Å². The van der Waals surface area contributed by atoms with E-state index in [2.05, 4.69) is 37.1 Å². The Balaban J connectivity index is 2.87. The minimum atomic E-state index is 0.128. The molecule has 0 fully saturated rings. The highest BCUT2D eigenvalue weighted by Gasteiger charge is 2.11. The zero-order valence-electron chi connectivity index (χ0n) is 10.8. The molecule has 16 heavy (non-hydrogen) atoms. The van der Waals surface area contributed by atoms with Crippen LogP contribution in [-0.4, -0.2) is 19.6 Å². The summed E-state index contributed by atoms with van der Waals surface area (Å²) >= 11 is 6.00. The smallest absolute Gasteiger partial charge is 0.0426 e. The molecule has 1 N–H and O–H groups in total. The van der Waals surface area contributed by atoms with Crippen LogP contribution in [0.2, 0.25) is 5.02 Å². The van der Waals surface area contributed by atoms with Crippen LogP contribution in [-0.2, 0) is 6.54 Å². The van der Waals surface area contributed by atoms with Gasteiger partial charge < -0.3 is 10.2 Å². The Bertz CT molecular complexity index is 353. The molecule has 1 aromatic carbocycles. The van der Waals surface area contributed by atoms with Crippen molar-refractivity contribution in [1.82, 2.24) is 5.32 Å². The Morgan fingerprint density at radius 1 is 1.25 bits per heavy atom. The molecular formula is C13H21ClN2. The first-order valence-electron chi connectivity index (χ1n) is 5.50. The lowest BCUT2D eigenvalue weighted by molar-refractivity contribution is 0.424. The Labute approximate surface area is 104 Å². The van der Waals surface area contributed by atoms with Crippen LogP contribution >= 0.6 is 11.6 Å². The number of anilines is 1. The van der Waals surface area contributed by atoms with Gasteiger partial charge in [0.05, 0.1) is 0 Å². The minimum absolute atomic E-state index is 0.128. The van der Waals surface area contributed by atoms with E-state index in [1.165, 1.54) is 11.3 Å². The van der Waals surface area contributed by atoms with Crippen molar-refractivity contribution in [1.29, 1.82) is 0 Å². The van der Waals surface area contributed by atoms with Gasteiger partial charge in [-0.3, -0.25) is 0 Å². The molecule has 0 aliphatic rings. The molecule has 0 heterocycles. The Kier molecular flexibility index (Phi) is 4.22. The monoisotopic (exact) mass is 240 g/mol. The Morgan fingerprint density at radius 3 is 2.38 bits per heavy atom. The summed E-state index contributed by atoms with van der Waals surface area (Å²) in [5.74, 6) is 0. The van der Waals surface area contributed by atoms with Gasteiger partial charge in [0.15, 0.2) is 0 Å². The summed E-state index contributed by atoms with van der Waals surface area (Å²) in [6.45, 7) is 7.35. The zero-order chi connectivity index (χ0) is 12.3. The number of rotatable bonds is 3. The summed E-state index contributed by atoms with van der Waals surface area (Å²) in [6, 6.07) is 6.02. The Hall–Kier alpha value is -0.730. The maximum atomic E-state index is 6.00. The first-order valence-corrected chi connectivity index (χ1v) is 5.88. The van der Waals surface area contributed by atoms with E-state index in [4.69, 9.17) is 11.6 Å². The van der Waals surface area contributed by atoms with Crippen LogP contribution in [0, 0.1) is 0 Å². The van der Waals surface area contributed by atoms with Crippen molar-refractivity contribution in [3.8, 4) is 0 Å². The average Bonchev–Trinajstić information content (AvgIpc) is 2.14. The van der Waals surface area contributed by atoms with Crippen molar-refractivity contribution in [2.24, 2.45) is 0 Å². The van der Waals surface area contributed by atoms with E-state index >= 15 is 0 Å². The van der Waals surface area contributed by atoms with Gasteiger partial charge in [0.1, 0.15) is 0 Å². The third-order valence-electron chi connectivity index (χ3n) is 2.34. The molecule has 2 nitrogen and oxygen atoms in total. The predicted octanol–water partition coefficient (Wildman–Crippen LogP) is 3.29. The van der Waals surface area contributed by atoms with Gasteiger partial charge in [-0.05, 0) is 38.5 Å². The van der Waals surface area contributed by atoms with Gasteiger partial charge in [-0.15, -0.1) is 0 Å². The zero-order valence-corrected chi connectivity index (χ0v) is 11.5. The molecule has 1 aromatic rings. The molecular weight excluding hydrogens is 220 g/mol. The normalized spacial score (nSPS) is 11.6. The SMILES string of the molecule is CN(C)c1cc(Cl)ccc1CNC(C)(C)C. The van der Waals surface area contributed by atoms with E-state index in [0.717, 1.165) is 11.6 Å². The molecule has 90 valence electrons. The van der Waals surface area contributed by atoms with E-state index in [0.29, 0.717) is 0 Å². The van der Waals surface area contributed by atoms with E-state index in [9.17, 15) is 0 Å². The highest BCUT2D eigenvalue weighted by atomic mass is 35.5. The summed E-state index contributed by atoms with van der Waals surface area (Å²) in [5.41, 5.74) is 2.57. The molecule has 0 saturated heterocycles. The number of nitrogens with zero attached hydrogens (tertiary/aromatic N) is 1. The molecule has 1 rings (SSSR count). The van der Waals surface area contributed by atoms with Crippen LogP contribution < -0.4 is 10.2 Å². The summed E-state index contributed by atoms with van der Waals surface area (Å²) in [7, 11) is 4.07. The van der Waals surface area contributed by atoms with Crippen LogP contribution in [0.15, 0.2) is 18.2 Å². The molecule has 0 unspecified atom stereocenters. The fraction of sp³-hybridized carbons (Fsp3) is 0.538. The second-order valence-corrected chi connectivity index (χ2v) is 5.71. The summed E-state index contributed by atoms with van der Waals surface area (Å²) in [4.78, 5) is 2.09. The molecule has 3 heteroatoms. The summed E-state index contributed by atoms with van der Waals surface area (Å²) < 4.78 is 0. The first-order chi connectivity index (χ1) is 7.29. The van der Waals surface area contributed by atoms with Crippen molar-refractivity contribution in [2.75, 3.05) is 19.0 Å².